The second kappa shape index (κ2) is 11.3. The molecule has 2 saturated heterocycles. The van der Waals surface area contributed by atoms with Gasteiger partial charge in [0.15, 0.2) is 0 Å². The van der Waals surface area contributed by atoms with E-state index in [1.807, 2.05) is 38.4 Å². The van der Waals surface area contributed by atoms with Crippen molar-refractivity contribution in [2.24, 2.45) is 0 Å². The van der Waals surface area contributed by atoms with Gasteiger partial charge in [-0.1, -0.05) is 26.7 Å². The Balaban J connectivity index is 0.00000135. The number of carbonyl (C=O) groups is 1. The van der Waals surface area contributed by atoms with E-state index in [0.29, 0.717) is 18.2 Å². The van der Waals surface area contributed by atoms with Crippen molar-refractivity contribution >= 4 is 46.2 Å². The molecule has 1 spiro atoms. The van der Waals surface area contributed by atoms with Crippen molar-refractivity contribution in [3.8, 4) is 0 Å². The van der Waals surface area contributed by atoms with Crippen molar-refractivity contribution in [3.05, 3.63) is 36.3 Å². The Labute approximate surface area is 235 Å². The molecule has 1 amide bonds. The van der Waals surface area contributed by atoms with E-state index in [1.165, 1.54) is 56.0 Å². The van der Waals surface area contributed by atoms with Gasteiger partial charge in [-0.3, -0.25) is 9.69 Å². The van der Waals surface area contributed by atoms with Crippen molar-refractivity contribution < 1.29 is 4.79 Å². The van der Waals surface area contributed by atoms with Crippen molar-refractivity contribution in [1.29, 1.82) is 0 Å². The number of piperidine rings is 1. The second-order valence-corrected chi connectivity index (χ2v) is 12.1. The fourth-order valence-corrected chi connectivity index (χ4v) is 7.67. The number of carbonyl (C=O) groups excluding carboxylic acids is 1. The monoisotopic (exact) mass is 548 g/mol. The van der Waals surface area contributed by atoms with E-state index in [0.717, 1.165) is 48.8 Å². The van der Waals surface area contributed by atoms with E-state index < -0.39 is 0 Å². The average molecular weight is 549 g/mol. The summed E-state index contributed by atoms with van der Waals surface area (Å²) in [6.45, 7) is 9.32. The number of anilines is 3. The van der Waals surface area contributed by atoms with Crippen molar-refractivity contribution in [2.75, 3.05) is 54.4 Å². The van der Waals surface area contributed by atoms with Gasteiger partial charge in [0, 0.05) is 61.9 Å². The molecule has 1 aliphatic carbocycles. The first-order valence-corrected chi connectivity index (χ1v) is 15.8. The molecular weight excluding hydrogens is 508 g/mol. The predicted molar refractivity (Wildman–Crippen MR) is 159 cm³/mol. The Morgan fingerprint density at radius 3 is 2.51 bits per heavy atom. The molecule has 208 valence electrons. The molecular formula is C29H40N8OS. The maximum Gasteiger partial charge on any atom is 0.268 e. The molecule has 3 aromatic rings. The maximum absolute atomic E-state index is 12.6. The average Bonchev–Trinajstić information content (AvgIpc) is 3.63. The van der Waals surface area contributed by atoms with Gasteiger partial charge in [-0.15, -0.1) is 0 Å². The number of aromatic nitrogens is 4. The summed E-state index contributed by atoms with van der Waals surface area (Å²) in [5.41, 5.74) is 2.62. The van der Waals surface area contributed by atoms with E-state index in [2.05, 4.69) is 52.8 Å². The van der Waals surface area contributed by atoms with E-state index in [1.54, 1.807) is 0 Å². The Morgan fingerprint density at radius 2 is 1.79 bits per heavy atom. The lowest BCUT2D eigenvalue weighted by atomic mass is 9.94. The van der Waals surface area contributed by atoms with Crippen LogP contribution in [-0.2, 0) is 5.54 Å². The summed E-state index contributed by atoms with van der Waals surface area (Å²) >= 11 is 2.08. The zero-order valence-electron chi connectivity index (χ0n) is 23.2. The van der Waals surface area contributed by atoms with E-state index >= 15 is 0 Å². The highest BCUT2D eigenvalue weighted by Gasteiger charge is 2.42. The van der Waals surface area contributed by atoms with Gasteiger partial charge in [0.25, 0.3) is 5.91 Å². The van der Waals surface area contributed by atoms with E-state index in [9.17, 15) is 4.79 Å². The molecule has 0 bridgehead atoms. The standard InChI is InChI=1S/C27H34N8OS.C2H6/c36-25-22-15-19-16-29-26(32-24(19)35(22)27(18-30-25)7-1-2-8-27)31-23-4-3-21(17-28-23)33-9-5-20(6-10-33)34-11-13-37-14-12-34;1-2/h3-4,15-17,20H,1-2,5-14,18H2,(H,30,36)(H,28,29,31,32);1-2H3. The lowest BCUT2D eigenvalue weighted by Gasteiger charge is -2.40. The van der Waals surface area contributed by atoms with Gasteiger partial charge in [0.1, 0.15) is 17.2 Å². The smallest absolute Gasteiger partial charge is 0.268 e. The normalized spacial score (nSPS) is 21.4. The molecule has 39 heavy (non-hydrogen) atoms. The summed E-state index contributed by atoms with van der Waals surface area (Å²) in [4.78, 5) is 31.8. The molecule has 2 N–H and O–H groups in total. The molecule has 3 fully saturated rings. The number of nitrogens with zero attached hydrogens (tertiary/aromatic N) is 6. The molecule has 0 atom stereocenters. The Kier molecular flexibility index (Phi) is 7.66. The SMILES string of the molecule is CC.O=C1NCC2(CCCC2)n2c1cc1cnc(Nc3ccc(N4CCC(N5CCSCC5)CC4)cn3)nc12. The fourth-order valence-electron chi connectivity index (χ4n) is 6.74. The third-order valence-corrected chi connectivity index (χ3v) is 9.68. The van der Waals surface area contributed by atoms with Crippen LogP contribution in [0.15, 0.2) is 30.6 Å². The van der Waals surface area contributed by atoms with Crippen LogP contribution in [0, 0.1) is 0 Å². The fraction of sp³-hybridized carbons (Fsp3) is 0.586. The Morgan fingerprint density at radius 1 is 1.03 bits per heavy atom. The topological polar surface area (TPSA) is 91.2 Å². The third-order valence-electron chi connectivity index (χ3n) is 8.74. The predicted octanol–water partition coefficient (Wildman–Crippen LogP) is 4.63. The van der Waals surface area contributed by atoms with Crippen LogP contribution in [-0.4, -0.2) is 80.6 Å². The summed E-state index contributed by atoms with van der Waals surface area (Å²) < 4.78 is 2.18. The number of fused-ring (bicyclic) bond motifs is 4. The van der Waals surface area contributed by atoms with Crippen LogP contribution in [0.2, 0.25) is 0 Å². The molecule has 1 saturated carbocycles. The van der Waals surface area contributed by atoms with Crippen LogP contribution in [0.25, 0.3) is 11.0 Å². The molecule has 0 aromatic carbocycles. The van der Waals surface area contributed by atoms with Gasteiger partial charge >= 0.3 is 0 Å². The number of thioether (sulfide) groups is 1. The lowest BCUT2D eigenvalue weighted by molar-refractivity contribution is 0.0876. The third kappa shape index (κ3) is 5.09. The van der Waals surface area contributed by atoms with Crippen molar-refractivity contribution in [3.63, 3.8) is 0 Å². The molecule has 4 aliphatic rings. The Bertz CT molecular complexity index is 1290. The maximum atomic E-state index is 12.6. The van der Waals surface area contributed by atoms with Crippen molar-refractivity contribution in [1.82, 2.24) is 29.7 Å². The number of hydrogen-bond acceptors (Lipinski definition) is 8. The summed E-state index contributed by atoms with van der Waals surface area (Å²) in [6.07, 6.45) is 10.7. The molecule has 7 rings (SSSR count). The van der Waals surface area contributed by atoms with Gasteiger partial charge in [-0.2, -0.15) is 16.7 Å². The van der Waals surface area contributed by atoms with Crippen LogP contribution in [0.3, 0.4) is 0 Å². The zero-order chi connectivity index (χ0) is 26.8. The summed E-state index contributed by atoms with van der Waals surface area (Å²) in [5.74, 6) is 3.76. The zero-order valence-corrected chi connectivity index (χ0v) is 24.0. The van der Waals surface area contributed by atoms with Crippen LogP contribution >= 0.6 is 11.8 Å². The summed E-state index contributed by atoms with van der Waals surface area (Å²) in [5, 5.41) is 7.29. The first kappa shape index (κ1) is 26.4. The van der Waals surface area contributed by atoms with Crippen LogP contribution < -0.4 is 15.5 Å². The highest BCUT2D eigenvalue weighted by molar-refractivity contribution is 7.99. The van der Waals surface area contributed by atoms with Crippen LogP contribution in [0.4, 0.5) is 17.5 Å². The van der Waals surface area contributed by atoms with Crippen LogP contribution in [0.5, 0.6) is 0 Å². The summed E-state index contributed by atoms with van der Waals surface area (Å²) in [6, 6.07) is 6.81. The Hall–Kier alpha value is -2.85. The number of hydrogen-bond donors (Lipinski definition) is 2. The van der Waals surface area contributed by atoms with Gasteiger partial charge in [-0.25, -0.2) is 9.97 Å². The number of amides is 1. The van der Waals surface area contributed by atoms with Gasteiger partial charge < -0.3 is 20.1 Å². The molecule has 3 aromatic heterocycles. The molecule has 9 nitrogen and oxygen atoms in total. The summed E-state index contributed by atoms with van der Waals surface area (Å²) in [7, 11) is 0. The minimum Gasteiger partial charge on any atom is -0.370 e. The first-order chi connectivity index (χ1) is 19.2. The molecule has 10 heteroatoms. The first-order valence-electron chi connectivity index (χ1n) is 14.7. The van der Waals surface area contributed by atoms with E-state index in [-0.39, 0.29) is 11.4 Å². The van der Waals surface area contributed by atoms with Crippen LogP contribution in [0.1, 0.15) is 62.9 Å². The molecule has 3 aliphatic heterocycles. The number of pyridine rings is 1. The molecule has 6 heterocycles. The largest absolute Gasteiger partial charge is 0.370 e. The highest BCUT2D eigenvalue weighted by Crippen LogP contribution is 2.41. The quantitative estimate of drug-likeness (QED) is 0.488. The second-order valence-electron chi connectivity index (χ2n) is 10.8. The molecule has 0 radical (unpaired) electrons. The van der Waals surface area contributed by atoms with Gasteiger partial charge in [-0.05, 0) is 43.9 Å². The minimum absolute atomic E-state index is 0.0266. The lowest BCUT2D eigenvalue weighted by Crippen LogP contribution is -2.50. The highest BCUT2D eigenvalue weighted by atomic mass is 32.2. The van der Waals surface area contributed by atoms with Crippen molar-refractivity contribution in [2.45, 2.75) is 64.0 Å². The van der Waals surface area contributed by atoms with Gasteiger partial charge in [0.05, 0.1) is 17.4 Å². The molecule has 0 unspecified atom stereocenters. The minimum atomic E-state index is -0.0725. The van der Waals surface area contributed by atoms with Gasteiger partial charge in [0.2, 0.25) is 5.95 Å². The van der Waals surface area contributed by atoms with E-state index in [4.69, 9.17) is 4.98 Å². The number of nitrogens with one attached hydrogen (secondary N) is 2. The number of rotatable bonds is 4.